The van der Waals surface area contributed by atoms with Crippen LogP contribution >= 0.6 is 0 Å². The molecule has 1 saturated carbocycles. The molecule has 8 nitrogen and oxygen atoms in total. The summed E-state index contributed by atoms with van der Waals surface area (Å²) in [4.78, 5) is 16.7. The minimum Gasteiger partial charge on any atom is -0.324 e. The first kappa shape index (κ1) is 35.0. The molecule has 7 rings (SSSR count). The van der Waals surface area contributed by atoms with Crippen LogP contribution in [0, 0.1) is 13.8 Å². The number of fused-ring (bicyclic) bond motifs is 1. The SMILES string of the molecule is Cc1ccc(/C(=C\CN2CCCC2)c2cccc(/C=C/CN(C3CCCCC3)S(=O)(=O)c3ccc(Cn4c(C)nc5cnccc54)cc3)n2)cc1. The van der Waals surface area contributed by atoms with Crippen LogP contribution in [0.25, 0.3) is 22.7 Å². The minimum atomic E-state index is -3.73. The summed E-state index contributed by atoms with van der Waals surface area (Å²) in [5.74, 6) is 0.898. The van der Waals surface area contributed by atoms with Crippen LogP contribution in [-0.4, -0.2) is 69.4 Å². The van der Waals surface area contributed by atoms with Crippen molar-refractivity contribution in [3.05, 3.63) is 131 Å². The molecule has 0 bridgehead atoms. The van der Waals surface area contributed by atoms with Gasteiger partial charge in [-0.2, -0.15) is 4.31 Å². The number of hydrogen-bond donors (Lipinski definition) is 0. The molecule has 3 aromatic heterocycles. The van der Waals surface area contributed by atoms with Crippen molar-refractivity contribution in [1.29, 1.82) is 0 Å². The Morgan fingerprint density at radius 2 is 1.65 bits per heavy atom. The van der Waals surface area contributed by atoms with Crippen molar-refractivity contribution in [2.45, 2.75) is 76.3 Å². The monoisotopic (exact) mass is 700 g/mol. The van der Waals surface area contributed by atoms with Gasteiger partial charge >= 0.3 is 0 Å². The van der Waals surface area contributed by atoms with E-state index in [-0.39, 0.29) is 6.04 Å². The number of rotatable bonds is 12. The molecule has 1 aliphatic carbocycles. The summed E-state index contributed by atoms with van der Waals surface area (Å²) in [5.41, 5.74) is 8.13. The molecule has 4 heterocycles. The maximum atomic E-state index is 14.3. The molecular formula is C42H48N6O2S. The Bertz CT molecular complexity index is 2110. The molecule has 9 heteroatoms. The highest BCUT2D eigenvalue weighted by Gasteiger charge is 2.31. The van der Waals surface area contributed by atoms with Gasteiger partial charge in [-0.3, -0.25) is 9.88 Å². The molecule has 0 N–H and O–H groups in total. The number of hydrogen-bond acceptors (Lipinski definition) is 6. The number of likely N-dealkylation sites (tertiary alicyclic amines) is 1. The maximum Gasteiger partial charge on any atom is 0.243 e. The number of imidazole rings is 1. The standard InChI is InChI=1S/C42H48N6O2S/c1-32-15-19-35(20-16-32)39(24-29-46-26-6-7-27-46)40-14-8-10-36(45-40)11-9-28-48(37-12-4-3-5-13-37)51(49,50)38-21-17-34(18-22-38)31-47-33(2)44-41-30-43-25-23-42(41)47/h8-11,14-25,30,37H,3-7,12-13,26-29,31H2,1-2H3/b11-9+,39-24+. The van der Waals surface area contributed by atoms with E-state index in [1.807, 2.05) is 49.4 Å². The van der Waals surface area contributed by atoms with Gasteiger partial charge in [0.15, 0.2) is 0 Å². The summed E-state index contributed by atoms with van der Waals surface area (Å²) in [6.07, 6.45) is 17.3. The summed E-state index contributed by atoms with van der Waals surface area (Å²) in [5, 5.41) is 0. The number of pyridine rings is 2. The predicted molar refractivity (Wildman–Crippen MR) is 206 cm³/mol. The van der Waals surface area contributed by atoms with Crippen molar-refractivity contribution in [2.75, 3.05) is 26.2 Å². The Morgan fingerprint density at radius 3 is 2.41 bits per heavy atom. The van der Waals surface area contributed by atoms with Crippen molar-refractivity contribution in [3.8, 4) is 0 Å². The van der Waals surface area contributed by atoms with E-state index in [0.717, 1.165) is 96.7 Å². The molecule has 0 spiro atoms. The van der Waals surface area contributed by atoms with E-state index in [9.17, 15) is 8.42 Å². The van der Waals surface area contributed by atoms with Gasteiger partial charge in [0, 0.05) is 37.4 Å². The lowest BCUT2D eigenvalue weighted by Crippen LogP contribution is -2.41. The zero-order valence-electron chi connectivity index (χ0n) is 29.8. The number of sulfonamides is 1. The zero-order chi connectivity index (χ0) is 35.2. The van der Waals surface area contributed by atoms with Crippen molar-refractivity contribution in [1.82, 2.24) is 28.7 Å². The van der Waals surface area contributed by atoms with Crippen LogP contribution in [0.5, 0.6) is 0 Å². The van der Waals surface area contributed by atoms with E-state index in [1.54, 1.807) is 28.8 Å². The maximum absolute atomic E-state index is 14.3. The molecule has 5 aromatic rings. The molecular weight excluding hydrogens is 653 g/mol. The summed E-state index contributed by atoms with van der Waals surface area (Å²) < 4.78 is 32.4. The van der Waals surface area contributed by atoms with Gasteiger partial charge in [-0.15, -0.1) is 0 Å². The fourth-order valence-electron chi connectivity index (χ4n) is 7.46. The second-order valence-electron chi connectivity index (χ2n) is 14.0. The molecule has 2 aromatic carbocycles. The fourth-order valence-corrected chi connectivity index (χ4v) is 9.10. The highest BCUT2D eigenvalue weighted by Crippen LogP contribution is 2.29. The van der Waals surface area contributed by atoms with Crippen LogP contribution in [0.1, 0.15) is 78.8 Å². The number of aromatic nitrogens is 4. The van der Waals surface area contributed by atoms with Gasteiger partial charge in [-0.1, -0.05) is 79.4 Å². The van der Waals surface area contributed by atoms with Crippen LogP contribution in [-0.2, 0) is 16.6 Å². The van der Waals surface area contributed by atoms with E-state index in [0.29, 0.717) is 18.0 Å². The van der Waals surface area contributed by atoms with Crippen molar-refractivity contribution in [3.63, 3.8) is 0 Å². The molecule has 2 fully saturated rings. The molecule has 1 saturated heterocycles. The molecule has 264 valence electrons. The summed E-state index contributed by atoms with van der Waals surface area (Å²) in [7, 11) is -3.73. The number of aryl methyl sites for hydroxylation is 2. The number of nitrogens with zero attached hydrogens (tertiary/aromatic N) is 6. The zero-order valence-corrected chi connectivity index (χ0v) is 30.6. The highest BCUT2D eigenvalue weighted by molar-refractivity contribution is 7.89. The molecule has 0 unspecified atom stereocenters. The molecule has 0 atom stereocenters. The van der Waals surface area contributed by atoms with E-state index >= 15 is 0 Å². The van der Waals surface area contributed by atoms with E-state index in [1.165, 1.54) is 18.4 Å². The summed E-state index contributed by atoms with van der Waals surface area (Å²) in [6, 6.07) is 24.1. The topological polar surface area (TPSA) is 84.2 Å². The first-order valence-corrected chi connectivity index (χ1v) is 19.8. The average Bonchev–Trinajstić information content (AvgIpc) is 3.79. The first-order valence-electron chi connectivity index (χ1n) is 18.4. The largest absolute Gasteiger partial charge is 0.324 e. The van der Waals surface area contributed by atoms with Gasteiger partial charge in [0.2, 0.25) is 10.0 Å². The lowest BCUT2D eigenvalue weighted by atomic mass is 9.95. The Hall–Kier alpha value is -4.44. The average molecular weight is 701 g/mol. The normalized spacial score (nSPS) is 16.6. The fraction of sp³-hybridized carbons (Fsp3) is 0.357. The van der Waals surface area contributed by atoms with E-state index < -0.39 is 10.0 Å². The Kier molecular flexibility index (Phi) is 10.9. The lowest BCUT2D eigenvalue weighted by Gasteiger charge is -2.32. The predicted octanol–water partition coefficient (Wildman–Crippen LogP) is 8.06. The van der Waals surface area contributed by atoms with Gasteiger partial charge in [0.25, 0.3) is 0 Å². The van der Waals surface area contributed by atoms with Crippen LogP contribution in [0.3, 0.4) is 0 Å². The summed E-state index contributed by atoms with van der Waals surface area (Å²) >= 11 is 0. The van der Waals surface area contributed by atoms with Crippen LogP contribution in [0.15, 0.2) is 102 Å². The molecule has 1 aliphatic heterocycles. The Morgan fingerprint density at radius 1 is 0.882 bits per heavy atom. The van der Waals surface area contributed by atoms with Crippen LogP contribution in [0.4, 0.5) is 0 Å². The smallest absolute Gasteiger partial charge is 0.243 e. The van der Waals surface area contributed by atoms with Gasteiger partial charge in [0.1, 0.15) is 11.3 Å². The number of benzene rings is 2. The van der Waals surface area contributed by atoms with Crippen molar-refractivity contribution < 1.29 is 8.42 Å². The van der Waals surface area contributed by atoms with Gasteiger partial charge in [-0.05, 0) is 100 Å². The van der Waals surface area contributed by atoms with E-state index in [4.69, 9.17) is 4.98 Å². The summed E-state index contributed by atoms with van der Waals surface area (Å²) in [6.45, 7) is 8.17. The highest BCUT2D eigenvalue weighted by atomic mass is 32.2. The second-order valence-corrected chi connectivity index (χ2v) is 15.9. The quantitative estimate of drug-likeness (QED) is 0.131. The lowest BCUT2D eigenvalue weighted by molar-refractivity contribution is 0.269. The first-order chi connectivity index (χ1) is 24.8. The van der Waals surface area contributed by atoms with Gasteiger partial charge < -0.3 is 4.57 Å². The second kappa shape index (κ2) is 15.8. The van der Waals surface area contributed by atoms with E-state index in [2.05, 4.69) is 62.8 Å². The van der Waals surface area contributed by atoms with Gasteiger partial charge in [0.05, 0.1) is 28.0 Å². The van der Waals surface area contributed by atoms with Crippen LogP contribution in [0.2, 0.25) is 0 Å². The van der Waals surface area contributed by atoms with Crippen molar-refractivity contribution in [2.24, 2.45) is 0 Å². The molecule has 0 amide bonds. The third-order valence-corrected chi connectivity index (χ3v) is 12.3. The van der Waals surface area contributed by atoms with Gasteiger partial charge in [-0.25, -0.2) is 18.4 Å². The Balaban J connectivity index is 1.11. The molecule has 0 radical (unpaired) electrons. The van der Waals surface area contributed by atoms with Crippen molar-refractivity contribution >= 4 is 32.7 Å². The van der Waals surface area contributed by atoms with Crippen LogP contribution < -0.4 is 0 Å². The third kappa shape index (κ3) is 8.22. The molecule has 51 heavy (non-hydrogen) atoms. The third-order valence-electron chi connectivity index (χ3n) is 10.3. The minimum absolute atomic E-state index is 0.0254. The Labute approximate surface area is 302 Å². The molecule has 2 aliphatic rings.